The Kier molecular flexibility index (Phi) is 6.64. The van der Waals surface area contributed by atoms with E-state index in [1.54, 1.807) is 24.3 Å². The Morgan fingerprint density at radius 3 is 2.15 bits per heavy atom. The summed E-state index contributed by atoms with van der Waals surface area (Å²) in [7, 11) is -3.65. The van der Waals surface area contributed by atoms with Crippen LogP contribution in [-0.2, 0) is 26.7 Å². The van der Waals surface area contributed by atoms with Crippen molar-refractivity contribution in [3.05, 3.63) is 64.7 Å². The summed E-state index contributed by atoms with van der Waals surface area (Å²) in [6, 6.07) is 15.2. The van der Waals surface area contributed by atoms with Crippen molar-refractivity contribution in [3.8, 4) is 0 Å². The number of piperidine rings is 1. The number of carbonyl (C=O) groups excluding carboxylic acids is 1. The Bertz CT molecular complexity index is 1110. The minimum absolute atomic E-state index is 0.129. The number of nitrogens with zero attached hydrogens (tertiary/aromatic N) is 2. The van der Waals surface area contributed by atoms with Crippen molar-refractivity contribution < 1.29 is 13.2 Å². The summed E-state index contributed by atoms with van der Waals surface area (Å²) in [6.45, 7) is 8.76. The van der Waals surface area contributed by atoms with Crippen molar-refractivity contribution >= 4 is 27.5 Å². The first-order chi connectivity index (χ1) is 15.5. The fraction of sp³-hybridized carbons (Fsp3) is 0.500. The predicted octanol–water partition coefficient (Wildman–Crippen LogP) is 4.88. The fourth-order valence-corrected chi connectivity index (χ4v) is 6.89. The zero-order chi connectivity index (χ0) is 23.9. The molecule has 1 amide bonds. The van der Waals surface area contributed by atoms with E-state index >= 15 is 0 Å². The summed E-state index contributed by atoms with van der Waals surface area (Å²) in [6.07, 6.45) is 2.76. The minimum Gasteiger partial charge on any atom is -0.342 e. The van der Waals surface area contributed by atoms with Gasteiger partial charge in [0.25, 0.3) is 0 Å². The van der Waals surface area contributed by atoms with Crippen LogP contribution < -0.4 is 0 Å². The van der Waals surface area contributed by atoms with Gasteiger partial charge in [-0.05, 0) is 54.4 Å². The smallest absolute Gasteiger partial charge is 0.244 e. The van der Waals surface area contributed by atoms with Crippen LogP contribution in [0.5, 0.6) is 0 Å². The number of halogens is 1. The molecule has 2 aromatic carbocycles. The van der Waals surface area contributed by atoms with Gasteiger partial charge in [0.2, 0.25) is 15.9 Å². The topological polar surface area (TPSA) is 57.7 Å². The third-order valence-electron chi connectivity index (χ3n) is 7.23. The molecule has 1 spiro atoms. The van der Waals surface area contributed by atoms with Crippen LogP contribution in [-0.4, -0.2) is 49.7 Å². The summed E-state index contributed by atoms with van der Waals surface area (Å²) in [5.74, 6) is 0.184. The number of likely N-dealkylation sites (tertiary alicyclic amines) is 1. The highest BCUT2D eigenvalue weighted by Gasteiger charge is 2.49. The van der Waals surface area contributed by atoms with Gasteiger partial charge in [0.05, 0.1) is 10.4 Å². The zero-order valence-corrected chi connectivity index (χ0v) is 21.3. The second-order valence-corrected chi connectivity index (χ2v) is 12.7. The Hall–Kier alpha value is -1.89. The van der Waals surface area contributed by atoms with E-state index in [0.29, 0.717) is 32.5 Å². The van der Waals surface area contributed by atoms with Gasteiger partial charge in [0.15, 0.2) is 0 Å². The van der Waals surface area contributed by atoms with Crippen LogP contribution in [0.4, 0.5) is 0 Å². The van der Waals surface area contributed by atoms with Crippen molar-refractivity contribution in [2.75, 3.05) is 26.2 Å². The maximum atomic E-state index is 13.3. The highest BCUT2D eigenvalue weighted by atomic mass is 35.5. The largest absolute Gasteiger partial charge is 0.342 e. The lowest BCUT2D eigenvalue weighted by molar-refractivity contribution is -0.137. The van der Waals surface area contributed by atoms with Crippen molar-refractivity contribution in [2.45, 2.75) is 56.8 Å². The molecule has 0 aliphatic carbocycles. The molecule has 0 bridgehead atoms. The van der Waals surface area contributed by atoms with Gasteiger partial charge >= 0.3 is 0 Å². The number of benzene rings is 2. The molecule has 0 radical (unpaired) electrons. The van der Waals surface area contributed by atoms with Gasteiger partial charge in [0, 0.05) is 26.2 Å². The molecule has 7 heteroatoms. The van der Waals surface area contributed by atoms with E-state index in [1.807, 2.05) is 4.90 Å². The first-order valence-corrected chi connectivity index (χ1v) is 13.5. The molecule has 0 aromatic heterocycles. The predicted molar refractivity (Wildman–Crippen MR) is 132 cm³/mol. The quantitative estimate of drug-likeness (QED) is 0.602. The number of rotatable bonds is 5. The van der Waals surface area contributed by atoms with Gasteiger partial charge in [0.1, 0.15) is 4.90 Å². The maximum Gasteiger partial charge on any atom is 0.244 e. The normalized spacial score (nSPS) is 19.4. The van der Waals surface area contributed by atoms with Gasteiger partial charge in [-0.2, -0.15) is 4.31 Å². The summed E-state index contributed by atoms with van der Waals surface area (Å²) in [5.41, 5.74) is 2.24. The van der Waals surface area contributed by atoms with Crippen LogP contribution in [0.2, 0.25) is 5.02 Å². The number of carbonyl (C=O) groups is 1. The molecule has 178 valence electrons. The Morgan fingerprint density at radius 1 is 0.939 bits per heavy atom. The van der Waals surface area contributed by atoms with E-state index in [4.69, 9.17) is 11.6 Å². The van der Waals surface area contributed by atoms with E-state index in [2.05, 4.69) is 45.0 Å². The van der Waals surface area contributed by atoms with Gasteiger partial charge in [-0.25, -0.2) is 8.42 Å². The van der Waals surface area contributed by atoms with Gasteiger partial charge in [-0.15, -0.1) is 0 Å². The lowest BCUT2D eigenvalue weighted by Crippen LogP contribution is -2.46. The number of sulfonamides is 1. The molecule has 2 saturated heterocycles. The van der Waals surface area contributed by atoms with Crippen LogP contribution in [0.15, 0.2) is 53.4 Å². The molecular weight excluding hydrogens is 456 g/mol. The standard InChI is InChI=1S/C26H33ClN2O3S/c1-25(2,3)21-10-8-20(9-11-21)12-16-28-17-13-26(24(28)30)14-18-29(19-15-26)33(31,32)23-7-5-4-6-22(23)27/h4-11H,12-19H2,1-3H3. The van der Waals surface area contributed by atoms with Crippen molar-refractivity contribution in [2.24, 2.45) is 5.41 Å². The molecule has 2 aliphatic heterocycles. The van der Waals surface area contributed by atoms with E-state index in [0.717, 1.165) is 19.4 Å². The number of amides is 1. The third-order valence-corrected chi connectivity index (χ3v) is 9.62. The molecule has 5 nitrogen and oxygen atoms in total. The van der Waals surface area contributed by atoms with Gasteiger partial charge in [-0.3, -0.25) is 4.79 Å². The van der Waals surface area contributed by atoms with E-state index in [-0.39, 0.29) is 21.2 Å². The first-order valence-electron chi connectivity index (χ1n) is 11.7. The van der Waals surface area contributed by atoms with Gasteiger partial charge < -0.3 is 4.90 Å². The van der Waals surface area contributed by atoms with Crippen LogP contribution in [0.1, 0.15) is 51.2 Å². The first kappa shape index (κ1) is 24.2. The molecule has 0 unspecified atom stereocenters. The molecule has 4 rings (SSSR count). The maximum absolute atomic E-state index is 13.3. The number of hydrogen-bond acceptors (Lipinski definition) is 3. The van der Waals surface area contributed by atoms with E-state index in [1.165, 1.54) is 15.4 Å². The van der Waals surface area contributed by atoms with Crippen LogP contribution in [0, 0.1) is 5.41 Å². The summed E-state index contributed by atoms with van der Waals surface area (Å²) in [4.78, 5) is 15.4. The molecular formula is C26H33ClN2O3S. The van der Waals surface area contributed by atoms with Crippen LogP contribution >= 0.6 is 11.6 Å². The molecule has 0 N–H and O–H groups in total. The molecule has 0 saturated carbocycles. The Morgan fingerprint density at radius 2 is 1.55 bits per heavy atom. The molecule has 2 heterocycles. The average molecular weight is 489 g/mol. The summed E-state index contributed by atoms with van der Waals surface area (Å²) < 4.78 is 27.6. The van der Waals surface area contributed by atoms with Crippen LogP contribution in [0.25, 0.3) is 0 Å². The monoisotopic (exact) mass is 488 g/mol. The molecule has 2 aliphatic rings. The van der Waals surface area contributed by atoms with E-state index < -0.39 is 15.4 Å². The lowest BCUT2D eigenvalue weighted by atomic mass is 9.77. The third kappa shape index (κ3) is 4.84. The highest BCUT2D eigenvalue weighted by Crippen LogP contribution is 2.43. The molecule has 33 heavy (non-hydrogen) atoms. The second-order valence-electron chi connectivity index (χ2n) is 10.4. The Labute approximate surface area is 202 Å². The van der Waals surface area contributed by atoms with Crippen LogP contribution in [0.3, 0.4) is 0 Å². The highest BCUT2D eigenvalue weighted by molar-refractivity contribution is 7.89. The van der Waals surface area contributed by atoms with Crippen molar-refractivity contribution in [3.63, 3.8) is 0 Å². The summed E-state index contributed by atoms with van der Waals surface area (Å²) >= 11 is 6.14. The van der Waals surface area contributed by atoms with Gasteiger partial charge in [-0.1, -0.05) is 68.8 Å². The molecule has 0 atom stereocenters. The van der Waals surface area contributed by atoms with E-state index in [9.17, 15) is 13.2 Å². The number of hydrogen-bond donors (Lipinski definition) is 0. The zero-order valence-electron chi connectivity index (χ0n) is 19.7. The lowest BCUT2D eigenvalue weighted by Gasteiger charge is -2.37. The average Bonchev–Trinajstić information content (AvgIpc) is 3.07. The Balaban J connectivity index is 1.36. The summed E-state index contributed by atoms with van der Waals surface area (Å²) in [5, 5.41) is 0.233. The fourth-order valence-electron chi connectivity index (χ4n) is 4.95. The van der Waals surface area contributed by atoms with Crippen molar-refractivity contribution in [1.29, 1.82) is 0 Å². The second kappa shape index (κ2) is 9.05. The SMILES string of the molecule is CC(C)(C)c1ccc(CCN2CCC3(CCN(S(=O)(=O)c4ccccc4Cl)CC3)C2=O)cc1. The molecule has 2 aromatic rings. The van der Waals surface area contributed by atoms with Crippen molar-refractivity contribution in [1.82, 2.24) is 9.21 Å². The molecule has 2 fully saturated rings. The minimum atomic E-state index is -3.65.